The predicted molar refractivity (Wildman–Crippen MR) is 139 cm³/mol. The van der Waals surface area contributed by atoms with Gasteiger partial charge >= 0.3 is 12.3 Å². The first-order valence-electron chi connectivity index (χ1n) is 11.6. The minimum atomic E-state index is -0.916. The van der Waals surface area contributed by atoms with Gasteiger partial charge in [0.2, 0.25) is 0 Å². The highest BCUT2D eigenvalue weighted by Gasteiger charge is 2.24. The van der Waals surface area contributed by atoms with Crippen LogP contribution in [0.15, 0.2) is 103 Å². The Bertz CT molecular complexity index is 1560. The summed E-state index contributed by atoms with van der Waals surface area (Å²) in [7, 11) is 0. The van der Waals surface area contributed by atoms with Crippen molar-refractivity contribution in [2.75, 3.05) is 6.61 Å². The number of carbonyl (C=O) groups is 2. The van der Waals surface area contributed by atoms with Crippen molar-refractivity contribution < 1.29 is 33.3 Å². The highest BCUT2D eigenvalue weighted by atomic mass is 16.7. The molecule has 0 aliphatic carbocycles. The first-order chi connectivity index (χ1) is 18.1. The molecule has 0 radical (unpaired) electrons. The Morgan fingerprint density at radius 2 is 1.03 bits per heavy atom. The van der Waals surface area contributed by atoms with Gasteiger partial charge in [0.05, 0.1) is 12.0 Å². The van der Waals surface area contributed by atoms with Gasteiger partial charge in [-0.2, -0.15) is 0 Å². The maximum absolute atomic E-state index is 12.8. The molecule has 0 saturated heterocycles. The zero-order valence-corrected chi connectivity index (χ0v) is 19.9. The number of fused-ring (bicyclic) bond motifs is 2. The molecule has 7 heteroatoms. The van der Waals surface area contributed by atoms with Crippen molar-refractivity contribution in [3.05, 3.63) is 103 Å². The van der Waals surface area contributed by atoms with E-state index in [0.717, 1.165) is 0 Å². The van der Waals surface area contributed by atoms with E-state index in [0.29, 0.717) is 45.4 Å². The fourth-order valence-electron chi connectivity index (χ4n) is 3.98. The van der Waals surface area contributed by atoms with Crippen LogP contribution in [0.1, 0.15) is 6.92 Å². The monoisotopic (exact) mass is 494 g/mol. The lowest BCUT2D eigenvalue weighted by atomic mass is 10.00. The second-order valence-corrected chi connectivity index (χ2v) is 7.85. The Morgan fingerprint density at radius 3 is 1.59 bits per heavy atom. The minimum absolute atomic E-state index is 0.222. The van der Waals surface area contributed by atoms with Gasteiger partial charge in [0.1, 0.15) is 17.2 Å². The lowest BCUT2D eigenvalue weighted by molar-refractivity contribution is 0.151. The van der Waals surface area contributed by atoms with E-state index in [4.69, 9.17) is 23.7 Å². The first-order valence-corrected chi connectivity index (χ1v) is 11.6. The molecular formula is C30H22O7. The summed E-state index contributed by atoms with van der Waals surface area (Å²) in [6.07, 6.45) is -1.82. The summed E-state index contributed by atoms with van der Waals surface area (Å²) >= 11 is 0. The highest BCUT2D eigenvalue weighted by molar-refractivity contribution is 6.14. The second kappa shape index (κ2) is 10.7. The summed E-state index contributed by atoms with van der Waals surface area (Å²) in [6.45, 7) is 2.21. The molecule has 0 atom stereocenters. The van der Waals surface area contributed by atoms with Crippen LogP contribution in [0.2, 0.25) is 0 Å². The molecule has 0 heterocycles. The molecule has 5 aromatic rings. The lowest BCUT2D eigenvalue weighted by Crippen LogP contribution is -2.16. The number of ether oxygens (including phenoxy) is 5. The van der Waals surface area contributed by atoms with E-state index in [1.54, 1.807) is 91.0 Å². The van der Waals surface area contributed by atoms with Crippen LogP contribution in [0.25, 0.3) is 21.5 Å². The van der Waals surface area contributed by atoms with Crippen molar-refractivity contribution >= 4 is 33.9 Å². The van der Waals surface area contributed by atoms with Crippen LogP contribution in [-0.2, 0) is 0 Å². The SMILES string of the molecule is CCOc1cccc2c(OC(=O)Oc3ccccc3)c3ccccc3c(OC(=O)Oc3ccccc3)c12. The van der Waals surface area contributed by atoms with E-state index < -0.39 is 12.3 Å². The number of hydrogen-bond donors (Lipinski definition) is 0. The lowest BCUT2D eigenvalue weighted by Gasteiger charge is -2.18. The average molecular weight is 494 g/mol. The van der Waals surface area contributed by atoms with Gasteiger partial charge in [0.15, 0.2) is 11.5 Å². The molecule has 0 aromatic heterocycles. The Morgan fingerprint density at radius 1 is 0.541 bits per heavy atom. The summed E-state index contributed by atoms with van der Waals surface area (Å²) in [5, 5.41) is 2.01. The number of benzene rings is 5. The maximum Gasteiger partial charge on any atom is 0.519 e. The van der Waals surface area contributed by atoms with Gasteiger partial charge in [-0.3, -0.25) is 0 Å². The van der Waals surface area contributed by atoms with Crippen molar-refractivity contribution in [2.45, 2.75) is 6.92 Å². The van der Waals surface area contributed by atoms with Crippen LogP contribution in [0, 0.1) is 0 Å². The van der Waals surface area contributed by atoms with Crippen LogP contribution in [0.4, 0.5) is 9.59 Å². The fraction of sp³-hybridized carbons (Fsp3) is 0.0667. The van der Waals surface area contributed by atoms with E-state index >= 15 is 0 Å². The molecule has 0 fully saturated rings. The van der Waals surface area contributed by atoms with E-state index in [9.17, 15) is 9.59 Å². The van der Waals surface area contributed by atoms with Crippen molar-refractivity contribution in [1.82, 2.24) is 0 Å². The fourth-order valence-corrected chi connectivity index (χ4v) is 3.98. The average Bonchev–Trinajstić information content (AvgIpc) is 2.92. The second-order valence-electron chi connectivity index (χ2n) is 7.85. The minimum Gasteiger partial charge on any atom is -0.493 e. The van der Waals surface area contributed by atoms with Crippen LogP contribution >= 0.6 is 0 Å². The summed E-state index contributed by atoms with van der Waals surface area (Å²) in [4.78, 5) is 25.6. The molecule has 0 aliphatic heterocycles. The summed E-state index contributed by atoms with van der Waals surface area (Å²) in [5.41, 5.74) is 0. The molecule has 5 aromatic carbocycles. The van der Waals surface area contributed by atoms with E-state index in [1.165, 1.54) is 0 Å². The van der Waals surface area contributed by atoms with Gasteiger partial charge in [0.25, 0.3) is 0 Å². The van der Waals surface area contributed by atoms with Crippen LogP contribution in [-0.4, -0.2) is 18.9 Å². The Hall–Kier alpha value is -5.04. The third-order valence-electron chi connectivity index (χ3n) is 5.47. The third-order valence-corrected chi connectivity index (χ3v) is 5.47. The molecule has 0 amide bonds. The zero-order chi connectivity index (χ0) is 25.6. The smallest absolute Gasteiger partial charge is 0.493 e. The van der Waals surface area contributed by atoms with Crippen LogP contribution < -0.4 is 23.7 Å². The molecule has 0 spiro atoms. The quantitative estimate of drug-likeness (QED) is 0.137. The Kier molecular flexibility index (Phi) is 6.85. The van der Waals surface area contributed by atoms with Crippen LogP contribution in [0.5, 0.6) is 28.7 Å². The largest absolute Gasteiger partial charge is 0.519 e. The molecule has 0 N–H and O–H groups in total. The molecule has 7 nitrogen and oxygen atoms in total. The van der Waals surface area contributed by atoms with Crippen molar-refractivity contribution in [3.8, 4) is 28.7 Å². The van der Waals surface area contributed by atoms with E-state index in [1.807, 2.05) is 19.1 Å². The van der Waals surface area contributed by atoms with Crippen molar-refractivity contribution in [3.63, 3.8) is 0 Å². The maximum atomic E-state index is 12.8. The standard InChI is InChI=1S/C30H22O7/c1-2-33-25-19-11-18-24-26(25)28(37-30(32)35-21-14-7-4-8-15-21)23-17-10-9-16-22(23)27(24)36-29(31)34-20-12-5-3-6-13-20/h3-19H,2H2,1H3. The molecule has 0 saturated carbocycles. The van der Waals surface area contributed by atoms with Gasteiger partial charge in [-0.15, -0.1) is 0 Å². The summed E-state index contributed by atoms with van der Waals surface area (Å²) < 4.78 is 28.1. The summed E-state index contributed by atoms with van der Waals surface area (Å²) in [5.74, 6) is 1.61. The normalized spacial score (nSPS) is 10.6. The zero-order valence-electron chi connectivity index (χ0n) is 19.9. The van der Waals surface area contributed by atoms with Crippen LogP contribution in [0.3, 0.4) is 0 Å². The number of rotatable bonds is 6. The molecule has 0 unspecified atom stereocenters. The number of hydrogen-bond acceptors (Lipinski definition) is 7. The van der Waals surface area contributed by atoms with Gasteiger partial charge < -0.3 is 23.7 Å². The van der Waals surface area contributed by atoms with E-state index in [-0.39, 0.29) is 11.5 Å². The molecule has 0 aliphatic rings. The molecule has 184 valence electrons. The van der Waals surface area contributed by atoms with Gasteiger partial charge in [0, 0.05) is 16.2 Å². The van der Waals surface area contributed by atoms with Crippen molar-refractivity contribution in [2.24, 2.45) is 0 Å². The summed E-state index contributed by atoms with van der Waals surface area (Å²) in [6, 6.07) is 29.6. The van der Waals surface area contributed by atoms with Gasteiger partial charge in [-0.1, -0.05) is 72.8 Å². The Labute approximate surface area is 212 Å². The van der Waals surface area contributed by atoms with Gasteiger partial charge in [-0.05, 0) is 37.3 Å². The number of para-hydroxylation sites is 2. The Balaban J connectivity index is 1.62. The molecular weight excluding hydrogens is 472 g/mol. The molecule has 37 heavy (non-hydrogen) atoms. The van der Waals surface area contributed by atoms with Gasteiger partial charge in [-0.25, -0.2) is 9.59 Å². The molecule has 0 bridgehead atoms. The van der Waals surface area contributed by atoms with Crippen molar-refractivity contribution in [1.29, 1.82) is 0 Å². The highest BCUT2D eigenvalue weighted by Crippen LogP contribution is 2.46. The topological polar surface area (TPSA) is 80.3 Å². The molecule has 5 rings (SSSR count). The number of carbonyl (C=O) groups excluding carboxylic acids is 2. The first kappa shape index (κ1) is 23.7. The predicted octanol–water partition coefficient (Wildman–Crippen LogP) is 7.55. The van der Waals surface area contributed by atoms with E-state index in [2.05, 4.69) is 0 Å². The third kappa shape index (κ3) is 5.16.